The molecule has 0 saturated heterocycles. The zero-order chi connectivity index (χ0) is 16.4. The highest BCUT2D eigenvalue weighted by Gasteiger charge is 2.37. The van der Waals surface area contributed by atoms with E-state index in [0.29, 0.717) is 11.3 Å². The fraction of sp³-hybridized carbons (Fsp3) is 0.438. The molecular formula is C16H19NO5. The second-order valence-electron chi connectivity index (χ2n) is 5.37. The largest absolute Gasteiger partial charge is 0.465 e. The molecule has 118 valence electrons. The summed E-state index contributed by atoms with van der Waals surface area (Å²) in [5.74, 6) is -1.92. The number of ketones is 1. The van der Waals surface area contributed by atoms with Crippen LogP contribution in [0.5, 0.6) is 0 Å². The van der Waals surface area contributed by atoms with Gasteiger partial charge in [-0.25, -0.2) is 4.79 Å². The number of hydrogen-bond donors (Lipinski definition) is 1. The first kappa shape index (κ1) is 16.0. The summed E-state index contributed by atoms with van der Waals surface area (Å²) in [4.78, 5) is 37.4. The molecule has 0 saturated carbocycles. The highest BCUT2D eigenvalue weighted by atomic mass is 16.5. The van der Waals surface area contributed by atoms with Crippen molar-refractivity contribution in [2.24, 2.45) is 5.92 Å². The second kappa shape index (κ2) is 6.17. The van der Waals surface area contributed by atoms with Crippen molar-refractivity contribution in [3.63, 3.8) is 0 Å². The standard InChI is InChI=1S/C16H19NO5/c1-4-22-15(19)11-5-6-17(16(20)21)13-10(3)7-9(2)8-12(13)14(11)18/h7-8,11H,4-6H2,1-3H3,(H,20,21). The van der Waals surface area contributed by atoms with Crippen molar-refractivity contribution in [1.82, 2.24) is 0 Å². The van der Waals surface area contributed by atoms with Crippen LogP contribution in [0.2, 0.25) is 0 Å². The Morgan fingerprint density at radius 3 is 2.64 bits per heavy atom. The summed E-state index contributed by atoms with van der Waals surface area (Å²) < 4.78 is 4.95. The summed E-state index contributed by atoms with van der Waals surface area (Å²) in [6.07, 6.45) is -1.01. The van der Waals surface area contributed by atoms with Crippen LogP contribution >= 0.6 is 0 Å². The number of anilines is 1. The van der Waals surface area contributed by atoms with Crippen molar-refractivity contribution >= 4 is 23.5 Å². The van der Waals surface area contributed by atoms with Crippen LogP contribution in [0.1, 0.15) is 34.8 Å². The van der Waals surface area contributed by atoms with E-state index in [-0.39, 0.29) is 30.9 Å². The number of fused-ring (bicyclic) bond motifs is 1. The molecular weight excluding hydrogens is 286 g/mol. The number of hydrogen-bond acceptors (Lipinski definition) is 4. The smallest absolute Gasteiger partial charge is 0.411 e. The van der Waals surface area contributed by atoms with Gasteiger partial charge in [0, 0.05) is 12.1 Å². The third-order valence-corrected chi connectivity index (χ3v) is 3.74. The number of nitrogens with zero attached hydrogens (tertiary/aromatic N) is 1. The van der Waals surface area contributed by atoms with E-state index in [1.54, 1.807) is 19.9 Å². The maximum atomic E-state index is 12.7. The van der Waals surface area contributed by atoms with Crippen molar-refractivity contribution in [3.05, 3.63) is 28.8 Å². The van der Waals surface area contributed by atoms with Crippen LogP contribution in [-0.2, 0) is 9.53 Å². The lowest BCUT2D eigenvalue weighted by Crippen LogP contribution is -2.32. The van der Waals surface area contributed by atoms with E-state index in [1.807, 2.05) is 13.0 Å². The van der Waals surface area contributed by atoms with E-state index >= 15 is 0 Å². The SMILES string of the molecule is CCOC(=O)C1CCN(C(=O)O)c2c(C)cc(C)cc2C1=O. The van der Waals surface area contributed by atoms with Crippen molar-refractivity contribution in [2.45, 2.75) is 27.2 Å². The topological polar surface area (TPSA) is 83.9 Å². The van der Waals surface area contributed by atoms with Crippen LogP contribution in [0.15, 0.2) is 12.1 Å². The van der Waals surface area contributed by atoms with E-state index < -0.39 is 18.0 Å². The Morgan fingerprint density at radius 1 is 1.36 bits per heavy atom. The Morgan fingerprint density at radius 2 is 2.05 bits per heavy atom. The van der Waals surface area contributed by atoms with Gasteiger partial charge in [-0.15, -0.1) is 0 Å². The van der Waals surface area contributed by atoms with Crippen molar-refractivity contribution in [2.75, 3.05) is 18.1 Å². The molecule has 1 aromatic rings. The van der Waals surface area contributed by atoms with E-state index in [2.05, 4.69) is 0 Å². The van der Waals surface area contributed by atoms with Crippen LogP contribution in [0, 0.1) is 19.8 Å². The average molecular weight is 305 g/mol. The number of amides is 1. The molecule has 0 aliphatic carbocycles. The Bertz CT molecular complexity index is 638. The van der Waals surface area contributed by atoms with Gasteiger partial charge in [-0.05, 0) is 44.4 Å². The molecule has 2 rings (SSSR count). The summed E-state index contributed by atoms with van der Waals surface area (Å²) in [5, 5.41) is 9.42. The van der Waals surface area contributed by atoms with Gasteiger partial charge in [-0.1, -0.05) is 6.07 Å². The average Bonchev–Trinajstić information content (AvgIpc) is 2.57. The molecule has 6 nitrogen and oxygen atoms in total. The molecule has 1 N–H and O–H groups in total. The third-order valence-electron chi connectivity index (χ3n) is 3.74. The maximum Gasteiger partial charge on any atom is 0.411 e. The molecule has 1 aliphatic rings. The lowest BCUT2D eigenvalue weighted by Gasteiger charge is -2.21. The monoisotopic (exact) mass is 305 g/mol. The first-order chi connectivity index (χ1) is 10.4. The van der Waals surface area contributed by atoms with Gasteiger partial charge in [0.2, 0.25) is 0 Å². The number of carboxylic acid groups (broad SMARTS) is 1. The molecule has 1 aromatic carbocycles. The van der Waals surface area contributed by atoms with Crippen LogP contribution in [0.4, 0.5) is 10.5 Å². The third kappa shape index (κ3) is 2.81. The summed E-state index contributed by atoms with van der Waals surface area (Å²) >= 11 is 0. The zero-order valence-electron chi connectivity index (χ0n) is 12.9. The molecule has 6 heteroatoms. The van der Waals surface area contributed by atoms with Crippen LogP contribution in [0.25, 0.3) is 0 Å². The van der Waals surface area contributed by atoms with E-state index in [4.69, 9.17) is 4.74 Å². The fourth-order valence-corrected chi connectivity index (χ4v) is 2.85. The first-order valence-electron chi connectivity index (χ1n) is 7.19. The molecule has 0 aromatic heterocycles. The minimum absolute atomic E-state index is 0.0848. The fourth-order valence-electron chi connectivity index (χ4n) is 2.85. The number of ether oxygens (including phenoxy) is 1. The minimum atomic E-state index is -1.13. The van der Waals surface area contributed by atoms with Crippen LogP contribution < -0.4 is 4.90 Å². The van der Waals surface area contributed by atoms with Gasteiger partial charge in [0.15, 0.2) is 5.78 Å². The molecule has 0 bridgehead atoms. The van der Waals surface area contributed by atoms with E-state index in [0.717, 1.165) is 10.5 Å². The van der Waals surface area contributed by atoms with Gasteiger partial charge in [-0.3, -0.25) is 14.5 Å². The van der Waals surface area contributed by atoms with Crippen molar-refractivity contribution < 1.29 is 24.2 Å². The van der Waals surface area contributed by atoms with Gasteiger partial charge in [0.25, 0.3) is 0 Å². The summed E-state index contributed by atoms with van der Waals surface area (Å²) in [5.41, 5.74) is 2.19. The molecule has 1 atom stereocenters. The molecule has 0 spiro atoms. The highest BCUT2D eigenvalue weighted by molar-refractivity contribution is 6.14. The second-order valence-corrected chi connectivity index (χ2v) is 5.37. The van der Waals surface area contributed by atoms with Crippen molar-refractivity contribution in [1.29, 1.82) is 0 Å². The highest BCUT2D eigenvalue weighted by Crippen LogP contribution is 2.33. The molecule has 1 heterocycles. The normalized spacial score (nSPS) is 17.7. The molecule has 22 heavy (non-hydrogen) atoms. The van der Waals surface area contributed by atoms with Gasteiger partial charge < -0.3 is 9.84 Å². The molecule has 1 amide bonds. The number of carbonyl (C=O) groups is 3. The zero-order valence-corrected chi connectivity index (χ0v) is 12.9. The maximum absolute atomic E-state index is 12.7. The number of aryl methyl sites for hydroxylation is 2. The van der Waals surface area contributed by atoms with Gasteiger partial charge in [0.05, 0.1) is 12.3 Å². The van der Waals surface area contributed by atoms with Crippen LogP contribution in [-0.4, -0.2) is 36.1 Å². The Hall–Kier alpha value is -2.37. The Balaban J connectivity index is 2.57. The van der Waals surface area contributed by atoms with Crippen LogP contribution in [0.3, 0.4) is 0 Å². The molecule has 0 fully saturated rings. The van der Waals surface area contributed by atoms with Gasteiger partial charge >= 0.3 is 12.1 Å². The number of Topliss-reactive ketones (excluding diaryl/α,β-unsaturated/α-hetero) is 1. The summed E-state index contributed by atoms with van der Waals surface area (Å²) in [6.45, 7) is 5.53. The number of rotatable bonds is 2. The Kier molecular flexibility index (Phi) is 4.49. The quantitative estimate of drug-likeness (QED) is 0.670. The van der Waals surface area contributed by atoms with Gasteiger partial charge in [-0.2, -0.15) is 0 Å². The van der Waals surface area contributed by atoms with E-state index in [9.17, 15) is 19.5 Å². The Labute approximate surface area is 128 Å². The first-order valence-corrected chi connectivity index (χ1v) is 7.19. The number of carbonyl (C=O) groups excluding carboxylic acids is 2. The minimum Gasteiger partial charge on any atom is -0.465 e. The van der Waals surface area contributed by atoms with Gasteiger partial charge in [0.1, 0.15) is 5.92 Å². The van der Waals surface area contributed by atoms with E-state index in [1.165, 1.54) is 0 Å². The predicted octanol–water partition coefficient (Wildman–Crippen LogP) is 2.55. The predicted molar refractivity (Wildman–Crippen MR) is 80.4 cm³/mol. The molecule has 1 unspecified atom stereocenters. The lowest BCUT2D eigenvalue weighted by molar-refractivity contribution is -0.146. The lowest BCUT2D eigenvalue weighted by atomic mass is 9.93. The molecule has 1 aliphatic heterocycles. The number of esters is 1. The summed E-state index contributed by atoms with van der Waals surface area (Å²) in [6, 6.07) is 3.46. The number of benzene rings is 1. The van der Waals surface area contributed by atoms with Crippen molar-refractivity contribution in [3.8, 4) is 0 Å². The molecule has 0 radical (unpaired) electrons. The summed E-state index contributed by atoms with van der Waals surface area (Å²) in [7, 11) is 0.